The summed E-state index contributed by atoms with van der Waals surface area (Å²) in [6.07, 6.45) is 1.31. The highest BCUT2D eigenvalue weighted by Gasteiger charge is 2.34. The minimum Gasteiger partial charge on any atom is -0.507 e. The predicted molar refractivity (Wildman–Crippen MR) is 134 cm³/mol. The van der Waals surface area contributed by atoms with Gasteiger partial charge in [-0.3, -0.25) is 9.59 Å². The summed E-state index contributed by atoms with van der Waals surface area (Å²) >= 11 is 0. The van der Waals surface area contributed by atoms with Crippen LogP contribution >= 0.6 is 0 Å². The van der Waals surface area contributed by atoms with E-state index in [-0.39, 0.29) is 34.5 Å². The van der Waals surface area contributed by atoms with Crippen LogP contribution in [0.2, 0.25) is 0 Å². The lowest BCUT2D eigenvalue weighted by atomic mass is 9.84. The summed E-state index contributed by atoms with van der Waals surface area (Å²) < 4.78 is 33.0. The number of rotatable bonds is 6. The van der Waals surface area contributed by atoms with Gasteiger partial charge in [-0.05, 0) is 35.4 Å². The molecule has 0 fully saturated rings. The molecule has 0 amide bonds. The Morgan fingerprint density at radius 3 is 2.16 bits per heavy atom. The number of phenolic OH excluding ortho intramolecular Hbond substituents is 1. The molecule has 0 aliphatic carbocycles. The maximum atomic E-state index is 13.6. The lowest BCUT2D eigenvalue weighted by Gasteiger charge is -2.27. The molecule has 0 unspecified atom stereocenters. The molecule has 5 rings (SSSR count). The molecule has 0 radical (unpaired) electrons. The van der Waals surface area contributed by atoms with Crippen molar-refractivity contribution in [1.82, 2.24) is 0 Å². The Kier molecular flexibility index (Phi) is 6.12. The Labute approximate surface area is 211 Å². The molecular weight excluding hydrogens is 480 g/mol. The van der Waals surface area contributed by atoms with E-state index in [1.165, 1.54) is 33.7 Å². The van der Waals surface area contributed by atoms with Crippen LogP contribution in [0.25, 0.3) is 22.1 Å². The Morgan fingerprint density at radius 2 is 1.57 bits per heavy atom. The highest BCUT2D eigenvalue weighted by Crippen LogP contribution is 2.48. The third-order valence-electron chi connectivity index (χ3n) is 6.46. The fourth-order valence-corrected chi connectivity index (χ4v) is 4.69. The van der Waals surface area contributed by atoms with Crippen molar-refractivity contribution in [2.45, 2.75) is 12.3 Å². The summed E-state index contributed by atoms with van der Waals surface area (Å²) in [5.74, 6) is 0.536. The second kappa shape index (κ2) is 9.42. The lowest BCUT2D eigenvalue weighted by molar-refractivity contribution is -0.135. The number of fused-ring (bicyclic) bond motifs is 3. The van der Waals surface area contributed by atoms with Crippen molar-refractivity contribution in [3.63, 3.8) is 0 Å². The molecule has 9 heteroatoms. The molecule has 1 aliphatic rings. The molecular formula is C28H24O9. The molecule has 0 saturated heterocycles. The zero-order chi connectivity index (χ0) is 26.3. The third-order valence-corrected chi connectivity index (χ3v) is 6.46. The number of aromatic hydroxyl groups is 1. The Hall–Kier alpha value is -4.66. The molecule has 9 nitrogen and oxygen atoms in total. The van der Waals surface area contributed by atoms with Crippen LogP contribution in [-0.4, -0.2) is 39.5 Å². The summed E-state index contributed by atoms with van der Waals surface area (Å²) in [7, 11) is 6.05. The average molecular weight is 504 g/mol. The van der Waals surface area contributed by atoms with Gasteiger partial charge in [-0.1, -0.05) is 12.1 Å². The molecule has 1 N–H and O–H groups in total. The monoisotopic (exact) mass is 504 g/mol. The van der Waals surface area contributed by atoms with Gasteiger partial charge in [0.05, 0.1) is 40.4 Å². The topological polar surface area (TPSA) is 114 Å². The highest BCUT2D eigenvalue weighted by molar-refractivity contribution is 5.94. The summed E-state index contributed by atoms with van der Waals surface area (Å²) in [5, 5.41) is 10.8. The van der Waals surface area contributed by atoms with Gasteiger partial charge in [-0.15, -0.1) is 0 Å². The third kappa shape index (κ3) is 3.98. The van der Waals surface area contributed by atoms with Crippen LogP contribution in [0.1, 0.15) is 23.5 Å². The fraction of sp³-hybridized carbons (Fsp3) is 0.214. The van der Waals surface area contributed by atoms with Gasteiger partial charge in [-0.25, -0.2) is 0 Å². The van der Waals surface area contributed by atoms with Crippen LogP contribution in [0.4, 0.5) is 0 Å². The second-order valence-electron chi connectivity index (χ2n) is 8.41. The number of methoxy groups -OCH3 is 4. The van der Waals surface area contributed by atoms with E-state index in [1.807, 2.05) is 0 Å². The molecule has 190 valence electrons. The number of carbonyl (C=O) groups excluding carboxylic acids is 1. The number of hydrogen-bond acceptors (Lipinski definition) is 9. The smallest absolute Gasteiger partial charge is 0.312 e. The SMILES string of the molecule is COc1ccc(-c2coc3c4c(cc(O)c3c2=O)OC(=O)C[C@@H]4c2cc(OC)c(OC)c(OC)c2)cc1. The van der Waals surface area contributed by atoms with Crippen LogP contribution in [0, 0.1) is 0 Å². The highest BCUT2D eigenvalue weighted by atomic mass is 16.5. The molecule has 3 aromatic carbocycles. The van der Waals surface area contributed by atoms with E-state index < -0.39 is 17.3 Å². The minimum absolute atomic E-state index is 0.0116. The summed E-state index contributed by atoms with van der Waals surface area (Å²) in [6.45, 7) is 0. The van der Waals surface area contributed by atoms with Crippen LogP contribution in [0.3, 0.4) is 0 Å². The van der Waals surface area contributed by atoms with Crippen LogP contribution < -0.4 is 29.1 Å². The van der Waals surface area contributed by atoms with Gasteiger partial charge in [-0.2, -0.15) is 0 Å². The van der Waals surface area contributed by atoms with Crippen molar-refractivity contribution < 1.29 is 38.0 Å². The average Bonchev–Trinajstić information content (AvgIpc) is 2.91. The molecule has 1 atom stereocenters. The van der Waals surface area contributed by atoms with Gasteiger partial charge in [0.15, 0.2) is 11.5 Å². The molecule has 0 bridgehead atoms. The van der Waals surface area contributed by atoms with Crippen LogP contribution in [0.5, 0.6) is 34.5 Å². The van der Waals surface area contributed by atoms with E-state index >= 15 is 0 Å². The zero-order valence-corrected chi connectivity index (χ0v) is 20.6. The molecule has 1 aromatic heterocycles. The van der Waals surface area contributed by atoms with Crippen molar-refractivity contribution in [3.05, 3.63) is 70.1 Å². The molecule has 4 aromatic rings. The maximum absolute atomic E-state index is 13.6. The van der Waals surface area contributed by atoms with Gasteiger partial charge < -0.3 is 33.2 Å². The molecule has 37 heavy (non-hydrogen) atoms. The van der Waals surface area contributed by atoms with Gasteiger partial charge in [0.1, 0.15) is 34.5 Å². The van der Waals surface area contributed by atoms with Crippen molar-refractivity contribution in [2.24, 2.45) is 0 Å². The van der Waals surface area contributed by atoms with Crippen molar-refractivity contribution in [1.29, 1.82) is 0 Å². The fourth-order valence-electron chi connectivity index (χ4n) is 4.69. The van der Waals surface area contributed by atoms with E-state index in [1.54, 1.807) is 43.5 Å². The van der Waals surface area contributed by atoms with Gasteiger partial charge in [0, 0.05) is 17.5 Å². The van der Waals surface area contributed by atoms with Gasteiger partial charge >= 0.3 is 5.97 Å². The molecule has 1 aliphatic heterocycles. The van der Waals surface area contributed by atoms with Gasteiger partial charge in [0.2, 0.25) is 11.2 Å². The summed E-state index contributed by atoms with van der Waals surface area (Å²) in [4.78, 5) is 26.1. The molecule has 2 heterocycles. The number of ether oxygens (including phenoxy) is 5. The van der Waals surface area contributed by atoms with Crippen molar-refractivity contribution in [2.75, 3.05) is 28.4 Å². The summed E-state index contributed by atoms with van der Waals surface area (Å²) in [6, 6.07) is 11.7. The first kappa shape index (κ1) is 24.1. The van der Waals surface area contributed by atoms with E-state index in [4.69, 9.17) is 28.1 Å². The summed E-state index contributed by atoms with van der Waals surface area (Å²) in [5.41, 5.74) is 1.68. The lowest BCUT2D eigenvalue weighted by Crippen LogP contribution is -2.22. The van der Waals surface area contributed by atoms with Crippen molar-refractivity contribution >= 4 is 16.9 Å². The largest absolute Gasteiger partial charge is 0.507 e. The Bertz CT molecular complexity index is 1540. The van der Waals surface area contributed by atoms with Crippen LogP contribution in [0.15, 0.2) is 57.9 Å². The van der Waals surface area contributed by atoms with E-state index in [0.29, 0.717) is 39.7 Å². The number of hydrogen-bond donors (Lipinski definition) is 1. The normalized spacial score (nSPS) is 14.6. The minimum atomic E-state index is -0.581. The zero-order valence-electron chi connectivity index (χ0n) is 20.6. The maximum Gasteiger partial charge on any atom is 0.312 e. The quantitative estimate of drug-likeness (QED) is 0.296. The van der Waals surface area contributed by atoms with Crippen molar-refractivity contribution in [3.8, 4) is 45.6 Å². The Balaban J connectivity index is 1.74. The number of esters is 1. The molecule has 0 spiro atoms. The van der Waals surface area contributed by atoms with Crippen LogP contribution in [-0.2, 0) is 4.79 Å². The standard InChI is InChI=1S/C28H24O9/c1-32-16-7-5-14(6-8-16)18-13-36-28-24-17(15-9-21(33-2)27(35-4)22(10-15)34-3)11-23(30)37-20(24)12-19(29)25(28)26(18)31/h5-10,12-13,17,29H,11H2,1-4H3/t17-/m1/s1. The van der Waals surface area contributed by atoms with E-state index in [0.717, 1.165) is 0 Å². The van der Waals surface area contributed by atoms with E-state index in [9.17, 15) is 14.7 Å². The predicted octanol–water partition coefficient (Wildman–Crippen LogP) is 4.64. The Morgan fingerprint density at radius 1 is 0.892 bits per heavy atom. The molecule has 0 saturated carbocycles. The van der Waals surface area contributed by atoms with E-state index in [2.05, 4.69) is 0 Å². The van der Waals surface area contributed by atoms with Gasteiger partial charge in [0.25, 0.3) is 0 Å². The number of phenols is 1. The first-order chi connectivity index (χ1) is 17.9. The first-order valence-corrected chi connectivity index (χ1v) is 11.4. The second-order valence-corrected chi connectivity index (χ2v) is 8.41. The number of carbonyl (C=O) groups is 1. The first-order valence-electron chi connectivity index (χ1n) is 11.4. The number of benzene rings is 3.